The summed E-state index contributed by atoms with van der Waals surface area (Å²) >= 11 is 0. The number of aromatic amines is 1. The van der Waals surface area contributed by atoms with Gasteiger partial charge in [-0.3, -0.25) is 4.79 Å². The minimum atomic E-state index is -0.208. The van der Waals surface area contributed by atoms with Crippen LogP contribution in [0.1, 0.15) is 30.1 Å². The van der Waals surface area contributed by atoms with Gasteiger partial charge in [-0.15, -0.1) is 0 Å². The maximum Gasteiger partial charge on any atom is 0.254 e. The largest absolute Gasteiger partial charge is 0.345 e. The lowest BCUT2D eigenvalue weighted by Gasteiger charge is -2.34. The molecule has 1 amide bonds. The number of nitrogens with one attached hydrogen (secondary N) is 1. The molecule has 0 saturated carbocycles. The summed E-state index contributed by atoms with van der Waals surface area (Å²) in [6.45, 7) is 3.35. The summed E-state index contributed by atoms with van der Waals surface area (Å²) in [4.78, 5) is 21.7. The van der Waals surface area contributed by atoms with E-state index in [4.69, 9.17) is 5.73 Å². The van der Waals surface area contributed by atoms with E-state index < -0.39 is 0 Å². The van der Waals surface area contributed by atoms with Gasteiger partial charge in [0.05, 0.1) is 22.9 Å². The predicted octanol–water partition coefficient (Wildman–Crippen LogP) is 1.52. The van der Waals surface area contributed by atoms with Crippen molar-refractivity contribution < 1.29 is 4.79 Å². The van der Waals surface area contributed by atoms with E-state index in [0.29, 0.717) is 12.1 Å². The summed E-state index contributed by atoms with van der Waals surface area (Å²) in [7, 11) is 0. The first-order valence-electron chi connectivity index (χ1n) is 6.59. The molecule has 3 N–H and O–H groups in total. The number of carbonyl (C=O) groups excluding carboxylic acids is 1. The first-order chi connectivity index (χ1) is 9.14. The molecule has 1 saturated heterocycles. The Morgan fingerprint density at radius 1 is 1.58 bits per heavy atom. The number of aromatic nitrogens is 2. The summed E-state index contributed by atoms with van der Waals surface area (Å²) < 4.78 is 0. The van der Waals surface area contributed by atoms with E-state index in [0.717, 1.165) is 30.4 Å². The molecule has 1 atom stereocenters. The van der Waals surface area contributed by atoms with Gasteiger partial charge in [-0.25, -0.2) is 4.98 Å². The number of rotatable bonds is 2. The molecule has 1 aromatic heterocycles. The lowest BCUT2D eigenvalue weighted by molar-refractivity contribution is 0.0637. The number of carbonyl (C=O) groups is 1. The van der Waals surface area contributed by atoms with E-state index in [2.05, 4.69) is 16.9 Å². The number of imidazole rings is 1. The zero-order valence-electron chi connectivity index (χ0n) is 11.0. The van der Waals surface area contributed by atoms with Gasteiger partial charge in [0.25, 0.3) is 5.91 Å². The number of nitrogens with zero attached hydrogens (tertiary/aromatic N) is 2. The van der Waals surface area contributed by atoms with Gasteiger partial charge in [-0.2, -0.15) is 0 Å². The molecular formula is C14H18N4O. The van der Waals surface area contributed by atoms with Crippen LogP contribution in [-0.2, 0) is 0 Å². The quantitative estimate of drug-likeness (QED) is 0.857. The van der Waals surface area contributed by atoms with Crippen molar-refractivity contribution in [2.75, 3.05) is 13.1 Å². The molecule has 2 heterocycles. The summed E-state index contributed by atoms with van der Waals surface area (Å²) in [5.74, 6) is 0.0574. The Bertz CT molecular complexity index is 621. The average Bonchev–Trinajstić information content (AvgIpc) is 3.03. The van der Waals surface area contributed by atoms with E-state index in [1.165, 1.54) is 0 Å². The molecule has 1 unspecified atom stereocenters. The van der Waals surface area contributed by atoms with Crippen LogP contribution in [0.25, 0.3) is 11.0 Å². The fraction of sp³-hybridized carbons (Fsp3) is 0.429. The summed E-state index contributed by atoms with van der Waals surface area (Å²) in [5, 5.41) is 0. The van der Waals surface area contributed by atoms with Gasteiger partial charge in [0, 0.05) is 18.7 Å². The van der Waals surface area contributed by atoms with E-state index in [1.807, 2.05) is 23.1 Å². The van der Waals surface area contributed by atoms with Crippen molar-refractivity contribution in [2.45, 2.75) is 25.3 Å². The fourth-order valence-corrected chi connectivity index (χ4v) is 2.81. The number of hydrogen-bond acceptors (Lipinski definition) is 3. The second-order valence-corrected chi connectivity index (χ2v) is 5.40. The zero-order chi connectivity index (χ0) is 13.5. The molecule has 19 heavy (non-hydrogen) atoms. The number of hydrogen-bond donors (Lipinski definition) is 2. The molecule has 1 fully saturated rings. The van der Waals surface area contributed by atoms with Crippen molar-refractivity contribution in [3.8, 4) is 0 Å². The second kappa shape index (κ2) is 4.35. The highest BCUT2D eigenvalue weighted by atomic mass is 16.2. The van der Waals surface area contributed by atoms with Crippen LogP contribution in [-0.4, -0.2) is 39.4 Å². The van der Waals surface area contributed by atoms with E-state index in [-0.39, 0.29) is 11.4 Å². The first kappa shape index (κ1) is 12.2. The Morgan fingerprint density at radius 3 is 3.21 bits per heavy atom. The van der Waals surface area contributed by atoms with Crippen molar-refractivity contribution in [2.24, 2.45) is 5.73 Å². The predicted molar refractivity (Wildman–Crippen MR) is 73.8 cm³/mol. The van der Waals surface area contributed by atoms with Gasteiger partial charge in [-0.05, 0) is 38.0 Å². The molecule has 0 spiro atoms. The van der Waals surface area contributed by atoms with E-state index in [9.17, 15) is 4.79 Å². The molecule has 5 heteroatoms. The Kier molecular flexibility index (Phi) is 2.78. The van der Waals surface area contributed by atoms with Gasteiger partial charge in [0.1, 0.15) is 0 Å². The van der Waals surface area contributed by atoms with Gasteiger partial charge >= 0.3 is 0 Å². The topological polar surface area (TPSA) is 75.0 Å². The lowest BCUT2D eigenvalue weighted by Crippen LogP contribution is -2.50. The maximum atomic E-state index is 12.6. The molecule has 1 aromatic carbocycles. The number of H-pyrrole nitrogens is 1. The third-order valence-electron chi connectivity index (χ3n) is 4.10. The minimum absolute atomic E-state index is 0.0574. The molecule has 1 aliphatic heterocycles. The Balaban J connectivity index is 1.94. The van der Waals surface area contributed by atoms with Gasteiger partial charge in [-0.1, -0.05) is 0 Å². The van der Waals surface area contributed by atoms with Crippen LogP contribution in [0.2, 0.25) is 0 Å². The smallest absolute Gasteiger partial charge is 0.254 e. The highest BCUT2D eigenvalue weighted by Crippen LogP contribution is 2.29. The van der Waals surface area contributed by atoms with Gasteiger partial charge in [0.2, 0.25) is 0 Å². The molecule has 0 bridgehead atoms. The van der Waals surface area contributed by atoms with Crippen LogP contribution >= 0.6 is 0 Å². The van der Waals surface area contributed by atoms with Crippen LogP contribution in [0.3, 0.4) is 0 Å². The normalized spacial score (nSPS) is 23.2. The van der Waals surface area contributed by atoms with Gasteiger partial charge in [0.15, 0.2) is 0 Å². The summed E-state index contributed by atoms with van der Waals surface area (Å²) in [6.07, 6.45) is 3.63. The highest BCUT2D eigenvalue weighted by molar-refractivity contribution is 5.97. The minimum Gasteiger partial charge on any atom is -0.345 e. The molecule has 0 radical (unpaired) electrons. The maximum absolute atomic E-state index is 12.6. The van der Waals surface area contributed by atoms with Gasteiger partial charge < -0.3 is 15.6 Å². The first-order valence-corrected chi connectivity index (χ1v) is 6.59. The van der Waals surface area contributed by atoms with Crippen LogP contribution in [0, 0.1) is 0 Å². The number of nitrogens with two attached hydrogens (primary N) is 1. The van der Waals surface area contributed by atoms with Crippen molar-refractivity contribution in [3.63, 3.8) is 0 Å². The fourth-order valence-electron chi connectivity index (χ4n) is 2.81. The molecule has 100 valence electrons. The Morgan fingerprint density at radius 2 is 2.42 bits per heavy atom. The molecule has 0 aliphatic carbocycles. The monoisotopic (exact) mass is 258 g/mol. The number of likely N-dealkylation sites (tertiary alicyclic amines) is 1. The van der Waals surface area contributed by atoms with Crippen LogP contribution in [0.15, 0.2) is 24.5 Å². The Hall–Kier alpha value is -1.88. The number of fused-ring (bicyclic) bond motifs is 1. The van der Waals surface area contributed by atoms with Crippen LogP contribution in [0.5, 0.6) is 0 Å². The van der Waals surface area contributed by atoms with Crippen molar-refractivity contribution in [1.82, 2.24) is 14.9 Å². The summed E-state index contributed by atoms with van der Waals surface area (Å²) in [5.41, 5.74) is 8.09. The molecule has 3 rings (SSSR count). The third kappa shape index (κ3) is 1.90. The van der Waals surface area contributed by atoms with Crippen molar-refractivity contribution in [3.05, 3.63) is 30.1 Å². The van der Waals surface area contributed by atoms with Crippen molar-refractivity contribution in [1.29, 1.82) is 0 Å². The van der Waals surface area contributed by atoms with Crippen molar-refractivity contribution >= 4 is 16.9 Å². The van der Waals surface area contributed by atoms with Crippen LogP contribution < -0.4 is 5.73 Å². The number of amides is 1. The molecular weight excluding hydrogens is 240 g/mol. The summed E-state index contributed by atoms with van der Waals surface area (Å²) in [6, 6.07) is 5.57. The highest BCUT2D eigenvalue weighted by Gasteiger charge is 2.38. The second-order valence-electron chi connectivity index (χ2n) is 5.40. The molecule has 2 aromatic rings. The average molecular weight is 258 g/mol. The van der Waals surface area contributed by atoms with Crippen LogP contribution in [0.4, 0.5) is 0 Å². The van der Waals surface area contributed by atoms with E-state index >= 15 is 0 Å². The SMILES string of the molecule is CC1(CN)CCCN1C(=O)c1ccc2nc[nH]c2c1. The van der Waals surface area contributed by atoms with E-state index in [1.54, 1.807) is 6.33 Å². The Labute approximate surface area is 111 Å². The zero-order valence-corrected chi connectivity index (χ0v) is 11.0. The third-order valence-corrected chi connectivity index (χ3v) is 4.10. The standard InChI is InChI=1S/C14H18N4O/c1-14(8-15)5-2-6-18(14)13(19)10-3-4-11-12(7-10)17-9-16-11/h3-4,7,9H,2,5-6,8,15H2,1H3,(H,16,17). The number of benzene rings is 1. The molecule has 1 aliphatic rings. The lowest BCUT2D eigenvalue weighted by atomic mass is 9.98. The molecule has 5 nitrogen and oxygen atoms in total.